The minimum Gasteiger partial charge on any atom is -0.435 e. The van der Waals surface area contributed by atoms with E-state index in [4.69, 9.17) is 0 Å². The molecule has 264 valence electrons. The van der Waals surface area contributed by atoms with E-state index in [1.807, 2.05) is 0 Å². The van der Waals surface area contributed by atoms with Gasteiger partial charge < -0.3 is 18.9 Å². The maximum Gasteiger partial charge on any atom is 0.387 e. The van der Waals surface area contributed by atoms with Crippen molar-refractivity contribution in [1.29, 1.82) is 0 Å². The molecular formula is C36H28F8O6. The minimum absolute atomic E-state index is 0.000300. The smallest absolute Gasteiger partial charge is 0.387 e. The van der Waals surface area contributed by atoms with Gasteiger partial charge in [0.15, 0.2) is 0 Å². The Morgan fingerprint density at radius 2 is 0.700 bits per heavy atom. The number of ether oxygens (including phenoxy) is 4. The van der Waals surface area contributed by atoms with Crippen LogP contribution in [0.1, 0.15) is 54.1 Å². The minimum atomic E-state index is -3.01. The van der Waals surface area contributed by atoms with Crippen molar-refractivity contribution in [3.05, 3.63) is 117 Å². The summed E-state index contributed by atoms with van der Waals surface area (Å²) in [5, 5.41) is 0. The molecule has 0 amide bonds. The Bertz CT molecular complexity index is 1750. The van der Waals surface area contributed by atoms with Crippen LogP contribution in [-0.4, -0.2) is 38.0 Å². The van der Waals surface area contributed by atoms with Gasteiger partial charge in [-0.15, -0.1) is 0 Å². The third-order valence-electron chi connectivity index (χ3n) is 6.65. The number of hydrogen-bond acceptors (Lipinski definition) is 6. The van der Waals surface area contributed by atoms with Crippen LogP contribution in [0.4, 0.5) is 35.1 Å². The van der Waals surface area contributed by atoms with Crippen LogP contribution in [0.25, 0.3) is 0 Å². The Morgan fingerprint density at radius 3 is 0.940 bits per heavy atom. The number of Topliss-reactive ketones (excluding diaryl/α,β-unsaturated/α-hetero) is 2. The number of carbonyl (C=O) groups excluding carboxylic acids is 2. The number of carbonyl (C=O) groups is 2. The SMILES string of the molecule is Cc1cc(C#Cc2ccc(OC(F)F)c(C)c2)ccc1OC(F)F.Cc1cc(C(=O)C(=O)c2ccc(OC(F)F)c(C)c2)ccc1OC(F)F. The maximum atomic E-state index is 12.3. The Morgan fingerprint density at radius 1 is 0.440 bits per heavy atom. The highest BCUT2D eigenvalue weighted by atomic mass is 19.3. The summed E-state index contributed by atoms with van der Waals surface area (Å²) in [5.41, 5.74) is 2.86. The van der Waals surface area contributed by atoms with Crippen LogP contribution in [0.3, 0.4) is 0 Å². The summed E-state index contributed by atoms with van der Waals surface area (Å²) >= 11 is 0. The fourth-order valence-electron chi connectivity index (χ4n) is 4.35. The van der Waals surface area contributed by atoms with Gasteiger partial charge >= 0.3 is 26.4 Å². The Kier molecular flexibility index (Phi) is 13.8. The first-order valence-electron chi connectivity index (χ1n) is 14.4. The molecule has 0 N–H and O–H groups in total. The first-order valence-corrected chi connectivity index (χ1v) is 14.4. The zero-order valence-electron chi connectivity index (χ0n) is 26.7. The van der Waals surface area contributed by atoms with Crippen LogP contribution >= 0.6 is 0 Å². The summed E-state index contributed by atoms with van der Waals surface area (Å²) in [7, 11) is 0. The van der Waals surface area contributed by atoms with Gasteiger partial charge in [0.2, 0.25) is 11.6 Å². The molecule has 0 fully saturated rings. The van der Waals surface area contributed by atoms with E-state index in [9.17, 15) is 44.7 Å². The number of ketones is 2. The molecule has 4 rings (SSSR count). The van der Waals surface area contributed by atoms with E-state index in [0.717, 1.165) is 0 Å². The fourth-order valence-corrected chi connectivity index (χ4v) is 4.35. The van der Waals surface area contributed by atoms with Crippen molar-refractivity contribution in [2.45, 2.75) is 54.1 Å². The first-order chi connectivity index (χ1) is 23.5. The molecule has 0 aromatic heterocycles. The van der Waals surface area contributed by atoms with Crippen LogP contribution in [0, 0.1) is 39.5 Å². The Labute approximate surface area is 281 Å². The van der Waals surface area contributed by atoms with E-state index in [-0.39, 0.29) is 45.3 Å². The van der Waals surface area contributed by atoms with Gasteiger partial charge in [0.05, 0.1) is 0 Å². The van der Waals surface area contributed by atoms with Crippen molar-refractivity contribution in [3.63, 3.8) is 0 Å². The quantitative estimate of drug-likeness (QED) is 0.0670. The van der Waals surface area contributed by atoms with Crippen LogP contribution in [0.2, 0.25) is 0 Å². The molecule has 0 radical (unpaired) electrons. The van der Waals surface area contributed by atoms with Gasteiger partial charge in [-0.05, 0) is 123 Å². The number of halogens is 8. The molecule has 0 bridgehead atoms. The van der Waals surface area contributed by atoms with Crippen LogP contribution in [0.15, 0.2) is 72.8 Å². The molecule has 0 spiro atoms. The van der Waals surface area contributed by atoms with E-state index in [1.165, 1.54) is 62.4 Å². The van der Waals surface area contributed by atoms with Crippen LogP contribution in [0.5, 0.6) is 23.0 Å². The predicted molar refractivity (Wildman–Crippen MR) is 166 cm³/mol. The van der Waals surface area contributed by atoms with Gasteiger partial charge in [0.25, 0.3) is 0 Å². The van der Waals surface area contributed by atoms with Crippen molar-refractivity contribution in [2.24, 2.45) is 0 Å². The van der Waals surface area contributed by atoms with Crippen molar-refractivity contribution >= 4 is 11.6 Å². The van der Waals surface area contributed by atoms with Crippen molar-refractivity contribution in [2.75, 3.05) is 0 Å². The van der Waals surface area contributed by atoms with Crippen molar-refractivity contribution in [3.8, 4) is 34.8 Å². The summed E-state index contributed by atoms with van der Waals surface area (Å²) < 4.78 is 115. The largest absolute Gasteiger partial charge is 0.435 e. The molecule has 0 aliphatic rings. The van der Waals surface area contributed by atoms with E-state index in [0.29, 0.717) is 22.3 Å². The van der Waals surface area contributed by atoms with Crippen LogP contribution in [-0.2, 0) is 0 Å². The van der Waals surface area contributed by atoms with Gasteiger partial charge in [0, 0.05) is 22.3 Å². The van der Waals surface area contributed by atoms with Crippen molar-refractivity contribution < 1.29 is 63.7 Å². The standard InChI is InChI=1S/C18H14F4O4.C18H14F4O2/c1-9-7-11(3-5-13(9)25-17(19)20)15(23)16(24)12-4-6-14(10(2)8-12)26-18(21)22;1-11-9-13(5-7-15(11)23-17(19)20)3-4-14-6-8-16(12(2)10-14)24-18(21)22/h3-8,17-18H,1-2H3;5-10,17-18H,1-2H3. The highest BCUT2D eigenvalue weighted by molar-refractivity contribution is 6.49. The molecule has 0 heterocycles. The number of aryl methyl sites for hydroxylation is 4. The molecule has 4 aromatic carbocycles. The van der Waals surface area contributed by atoms with Gasteiger partial charge in [-0.1, -0.05) is 11.8 Å². The van der Waals surface area contributed by atoms with Gasteiger partial charge in [0.1, 0.15) is 23.0 Å². The third kappa shape index (κ3) is 11.5. The maximum absolute atomic E-state index is 12.3. The normalized spacial score (nSPS) is 10.7. The zero-order chi connectivity index (χ0) is 37.1. The predicted octanol–water partition coefficient (Wildman–Crippen LogP) is 9.48. The lowest BCUT2D eigenvalue weighted by Crippen LogP contribution is -2.15. The van der Waals surface area contributed by atoms with E-state index >= 15 is 0 Å². The number of benzene rings is 4. The van der Waals surface area contributed by atoms with E-state index < -0.39 is 38.0 Å². The second-order valence-corrected chi connectivity index (χ2v) is 10.3. The number of alkyl halides is 8. The molecule has 6 nitrogen and oxygen atoms in total. The van der Waals surface area contributed by atoms with Gasteiger partial charge in [-0.3, -0.25) is 9.59 Å². The second-order valence-electron chi connectivity index (χ2n) is 10.3. The summed E-state index contributed by atoms with van der Waals surface area (Å²) in [4.78, 5) is 24.6. The molecule has 50 heavy (non-hydrogen) atoms. The molecule has 0 saturated heterocycles. The average Bonchev–Trinajstić information content (AvgIpc) is 3.03. The van der Waals surface area contributed by atoms with Crippen LogP contribution < -0.4 is 18.9 Å². The summed E-state index contributed by atoms with van der Waals surface area (Å²) in [6, 6.07) is 16.5. The summed E-state index contributed by atoms with van der Waals surface area (Å²) in [6.45, 7) is -5.57. The third-order valence-corrected chi connectivity index (χ3v) is 6.65. The Balaban J connectivity index is 0.000000271. The van der Waals surface area contributed by atoms with Gasteiger partial charge in [-0.25, -0.2) is 0 Å². The number of hydrogen-bond donors (Lipinski definition) is 0. The molecule has 0 atom stereocenters. The fraction of sp³-hybridized carbons (Fsp3) is 0.222. The van der Waals surface area contributed by atoms with E-state index in [2.05, 4.69) is 30.8 Å². The summed E-state index contributed by atoms with van der Waals surface area (Å²) in [5.74, 6) is 4.04. The van der Waals surface area contributed by atoms with Gasteiger partial charge in [-0.2, -0.15) is 35.1 Å². The zero-order valence-corrected chi connectivity index (χ0v) is 26.7. The van der Waals surface area contributed by atoms with E-state index in [1.54, 1.807) is 38.1 Å². The number of rotatable bonds is 11. The molecular weight excluding hydrogens is 680 g/mol. The lowest BCUT2D eigenvalue weighted by atomic mass is 9.98. The molecule has 0 aliphatic carbocycles. The first kappa shape index (κ1) is 38.9. The Hall–Kier alpha value is -5.58. The molecule has 0 aliphatic heterocycles. The molecule has 0 unspecified atom stereocenters. The molecule has 0 saturated carbocycles. The second kappa shape index (κ2) is 17.7. The van der Waals surface area contributed by atoms with Crippen molar-refractivity contribution in [1.82, 2.24) is 0 Å². The highest BCUT2D eigenvalue weighted by Crippen LogP contribution is 2.25. The topological polar surface area (TPSA) is 71.1 Å². The lowest BCUT2D eigenvalue weighted by Gasteiger charge is -2.10. The summed E-state index contributed by atoms with van der Waals surface area (Å²) in [6.07, 6.45) is 0. The molecule has 14 heteroatoms. The monoisotopic (exact) mass is 708 g/mol. The lowest BCUT2D eigenvalue weighted by molar-refractivity contribution is -0.0509. The molecule has 4 aromatic rings. The average molecular weight is 709 g/mol. The highest BCUT2D eigenvalue weighted by Gasteiger charge is 2.21.